The highest BCUT2D eigenvalue weighted by Crippen LogP contribution is 2.38. The van der Waals surface area contributed by atoms with Crippen molar-refractivity contribution in [2.75, 3.05) is 46.2 Å². The Morgan fingerprint density at radius 2 is 0.589 bits per heavy atom. The van der Waals surface area contributed by atoms with E-state index in [0.29, 0.717) is 0 Å². The average Bonchev–Trinajstić information content (AvgIpc) is 0.925. The van der Waals surface area contributed by atoms with Crippen LogP contribution in [0.15, 0.2) is 0 Å². The van der Waals surface area contributed by atoms with Gasteiger partial charge in [0.1, 0.15) is 171 Å². The number of ether oxygens (including phenoxy) is 13. The summed E-state index contributed by atoms with van der Waals surface area (Å²) in [5, 5.41) is 217. The van der Waals surface area contributed by atoms with Gasteiger partial charge < -0.3 is 180 Å². The van der Waals surface area contributed by atoms with Gasteiger partial charge in [0.05, 0.1) is 46.2 Å². The van der Waals surface area contributed by atoms with Crippen LogP contribution >= 0.6 is 0 Å². The van der Waals surface area contributed by atoms with Crippen molar-refractivity contribution >= 4 is 23.6 Å². The minimum Gasteiger partial charge on any atom is -0.394 e. The lowest BCUT2D eigenvalue weighted by Crippen LogP contribution is -2.71. The third kappa shape index (κ3) is 16.4. The smallest absolute Gasteiger partial charge is 0.217 e. The van der Waals surface area contributed by atoms with Crippen LogP contribution in [0.25, 0.3) is 0 Å². The molecule has 0 aromatic heterocycles. The summed E-state index contributed by atoms with van der Waals surface area (Å²) in [7, 11) is 0. The molecule has 4 amide bonds. The number of hydrogen-bond donors (Lipinski definition) is 23. The van der Waals surface area contributed by atoms with Gasteiger partial charge in [0.2, 0.25) is 23.6 Å². The molecular weight excluding hydrogens is 1230 g/mol. The standard InChI is InChI=1S/C50H84N4O36/c1-12(61)51-23-32(70)27(65)16(5-55)80-45(23)78-11-22-31(69)43(90-47-24(52-13(2)62)33(71)39(20(9-59)83-47)86-48-36(74)35(73)28(66)17(6-56)81-48)38(76)50(85-22)87-40-21(10-60)84-46(25(34(40)72)53-14(3)63)89-42-30(68)19(8-58)82-49(37(42)75)88-41-26(54-15(4)64)44(77)79-18(7-57)29(41)67/h16-50,55-60,65-77H,5-11H2,1-4H3,(H,51,61)(H,52,62)(H,53,63)(H,54,64)/t16-,17-,18-,19-,20-,21-,22-,23-,24-,25-,26-,27-,28+,29+,30+,31+,32-,33-,34-,35+,36-,37-,38-,39-,40-,41-,42+,43+,44?,45-,46+,47+,48+,49+,50+/m1/s1. The molecule has 7 rings (SSSR count). The van der Waals surface area contributed by atoms with Crippen LogP contribution < -0.4 is 21.3 Å². The van der Waals surface area contributed by atoms with Crippen LogP contribution in [-0.2, 0) is 80.8 Å². The minimum atomic E-state index is -2.38. The number of aliphatic hydroxyl groups is 19. The van der Waals surface area contributed by atoms with Crippen LogP contribution in [0.3, 0.4) is 0 Å². The van der Waals surface area contributed by atoms with E-state index in [-0.39, 0.29) is 0 Å². The van der Waals surface area contributed by atoms with Gasteiger partial charge in [-0.3, -0.25) is 19.2 Å². The Hall–Kier alpha value is -3.40. The summed E-state index contributed by atoms with van der Waals surface area (Å²) in [6, 6.07) is -6.98. The minimum absolute atomic E-state index is 0.767. The van der Waals surface area contributed by atoms with Crippen LogP contribution in [0.4, 0.5) is 0 Å². The molecule has 7 heterocycles. The SMILES string of the molecule is CC(=O)N[C@H]1[C@H](O[C@H]2[C@@H](O)[C@@H](CO[C@@H]3O[C@H](CO)[C@@H](O)[C@H](O)[C@H]3NC(C)=O)O[C@@H](O[C@H]3[C@H](O)[C@@H](NC(C)=O)[C@H](O[C@H]4[C@@H](O)[C@@H](CO)O[C@@H](O[C@H]5[C@@H](O)[C@@H](CO)OC(O)[C@@H]5NC(C)=O)[C@@H]4O)O[C@@H]3CO)[C@@H]2O)O[C@H](CO)[C@@H](O[C@@H]2O[C@H](CO)[C@H](O)[C@H](O)[C@H]2O)[C@@H]1O. The van der Waals surface area contributed by atoms with E-state index in [2.05, 4.69) is 21.3 Å². The van der Waals surface area contributed by atoms with Gasteiger partial charge >= 0.3 is 0 Å². The second-order valence-electron chi connectivity index (χ2n) is 22.5. The maximum atomic E-state index is 12.9. The third-order valence-electron chi connectivity index (χ3n) is 16.1. The van der Waals surface area contributed by atoms with Crippen molar-refractivity contribution in [2.24, 2.45) is 0 Å². The molecule has 0 saturated carbocycles. The zero-order valence-electron chi connectivity index (χ0n) is 48.6. The predicted octanol–water partition coefficient (Wildman–Crippen LogP) is -15.7. The topological polar surface area (TPSA) is 621 Å². The lowest BCUT2D eigenvalue weighted by Gasteiger charge is -2.51. The quantitative estimate of drug-likeness (QED) is 0.0452. The molecule has 0 spiro atoms. The van der Waals surface area contributed by atoms with Crippen LogP contribution in [-0.4, -0.2) is 382 Å². The fraction of sp³-hybridized carbons (Fsp3) is 0.920. The molecule has 0 radical (unpaired) electrons. The number of carbonyl (C=O) groups excluding carboxylic acids is 4. The number of aliphatic hydroxyl groups excluding tert-OH is 19. The molecule has 7 fully saturated rings. The molecule has 40 nitrogen and oxygen atoms in total. The lowest BCUT2D eigenvalue weighted by molar-refractivity contribution is -0.387. The number of rotatable bonds is 23. The second kappa shape index (κ2) is 32.4. The summed E-state index contributed by atoms with van der Waals surface area (Å²) >= 11 is 0. The molecular formula is C50H84N4O36. The third-order valence-corrected chi connectivity index (χ3v) is 16.1. The maximum Gasteiger partial charge on any atom is 0.217 e. The van der Waals surface area contributed by atoms with Crippen molar-refractivity contribution in [1.82, 2.24) is 21.3 Å². The molecule has 7 saturated heterocycles. The molecule has 0 aromatic rings. The first kappa shape index (κ1) is 74.0. The summed E-state index contributed by atoms with van der Waals surface area (Å²) < 4.78 is 75.7. The van der Waals surface area contributed by atoms with Gasteiger partial charge in [-0.2, -0.15) is 0 Å². The lowest BCUT2D eigenvalue weighted by atomic mass is 9.93. The maximum absolute atomic E-state index is 12.9. The van der Waals surface area contributed by atoms with E-state index in [1.54, 1.807) is 0 Å². The molecule has 90 heavy (non-hydrogen) atoms. The van der Waals surface area contributed by atoms with Crippen molar-refractivity contribution in [1.29, 1.82) is 0 Å². The van der Waals surface area contributed by atoms with E-state index in [1.807, 2.05) is 0 Å². The summed E-state index contributed by atoms with van der Waals surface area (Å²) in [6.45, 7) is -2.93. The first-order chi connectivity index (χ1) is 42.5. The van der Waals surface area contributed by atoms with E-state index in [0.717, 1.165) is 27.7 Å². The first-order valence-electron chi connectivity index (χ1n) is 28.6. The number of nitrogens with one attached hydrogen (secondary N) is 4. The highest BCUT2D eigenvalue weighted by atomic mass is 16.8. The van der Waals surface area contributed by atoms with E-state index in [4.69, 9.17) is 61.6 Å². The Morgan fingerprint density at radius 3 is 1.01 bits per heavy atom. The van der Waals surface area contributed by atoms with E-state index >= 15 is 0 Å². The molecule has 0 bridgehead atoms. The van der Waals surface area contributed by atoms with Gasteiger partial charge in [-0.1, -0.05) is 0 Å². The van der Waals surface area contributed by atoms with Gasteiger partial charge in [-0.05, 0) is 0 Å². The van der Waals surface area contributed by atoms with Gasteiger partial charge in [0, 0.05) is 27.7 Å². The van der Waals surface area contributed by atoms with Gasteiger partial charge in [-0.15, -0.1) is 0 Å². The Labute approximate surface area is 510 Å². The molecule has 7 aliphatic rings. The summed E-state index contributed by atoms with van der Waals surface area (Å²) in [5.74, 6) is -3.37. The zero-order valence-corrected chi connectivity index (χ0v) is 48.6. The van der Waals surface area contributed by atoms with Crippen molar-refractivity contribution in [2.45, 2.75) is 242 Å². The van der Waals surface area contributed by atoms with Crippen molar-refractivity contribution in [3.05, 3.63) is 0 Å². The highest BCUT2D eigenvalue weighted by molar-refractivity contribution is 5.74. The molecule has 0 aliphatic carbocycles. The Morgan fingerprint density at radius 1 is 0.289 bits per heavy atom. The fourth-order valence-corrected chi connectivity index (χ4v) is 11.5. The highest BCUT2D eigenvalue weighted by Gasteiger charge is 2.59. The second-order valence-corrected chi connectivity index (χ2v) is 22.5. The van der Waals surface area contributed by atoms with Gasteiger partial charge in [-0.25, -0.2) is 0 Å². The normalized spacial score (nSPS) is 47.6. The molecule has 35 atom stereocenters. The Balaban J connectivity index is 1.18. The van der Waals surface area contributed by atoms with Crippen molar-refractivity contribution in [3.8, 4) is 0 Å². The summed E-state index contributed by atoms with van der Waals surface area (Å²) in [5.41, 5.74) is 0. The van der Waals surface area contributed by atoms with Crippen LogP contribution in [0.5, 0.6) is 0 Å². The van der Waals surface area contributed by atoms with Crippen LogP contribution in [0.1, 0.15) is 27.7 Å². The zero-order chi connectivity index (χ0) is 66.5. The van der Waals surface area contributed by atoms with Gasteiger partial charge in [0.15, 0.2) is 44.0 Å². The molecule has 0 aromatic carbocycles. The molecule has 520 valence electrons. The van der Waals surface area contributed by atoms with Crippen LogP contribution in [0.2, 0.25) is 0 Å². The van der Waals surface area contributed by atoms with Crippen LogP contribution in [0, 0.1) is 0 Å². The van der Waals surface area contributed by atoms with Crippen molar-refractivity contribution in [3.63, 3.8) is 0 Å². The molecule has 40 heteroatoms. The molecule has 1 unspecified atom stereocenters. The van der Waals surface area contributed by atoms with E-state index in [1.165, 1.54) is 0 Å². The summed E-state index contributed by atoms with van der Waals surface area (Å²) in [6.07, 6.45) is -60.6. The first-order valence-corrected chi connectivity index (χ1v) is 28.6. The molecule has 7 aliphatic heterocycles. The average molecular weight is 1320 g/mol. The molecule has 23 N–H and O–H groups in total. The fourth-order valence-electron chi connectivity index (χ4n) is 11.5. The monoisotopic (exact) mass is 1320 g/mol. The van der Waals surface area contributed by atoms with Crippen molar-refractivity contribution < 1.29 is 178 Å². The number of hydrogen-bond acceptors (Lipinski definition) is 36. The Bertz CT molecular complexity index is 2310. The van der Waals surface area contributed by atoms with E-state index < -0.39 is 285 Å². The Kier molecular flexibility index (Phi) is 26.6. The summed E-state index contributed by atoms with van der Waals surface area (Å²) in [4.78, 5) is 50.1. The number of amides is 4. The largest absolute Gasteiger partial charge is 0.394 e. The number of carbonyl (C=O) groups is 4. The predicted molar refractivity (Wildman–Crippen MR) is 278 cm³/mol. The van der Waals surface area contributed by atoms with Gasteiger partial charge in [0.25, 0.3) is 0 Å². The van der Waals surface area contributed by atoms with E-state index in [9.17, 15) is 116 Å².